The van der Waals surface area contributed by atoms with Crippen molar-refractivity contribution < 1.29 is 9.90 Å². The molecule has 1 aliphatic heterocycles. The summed E-state index contributed by atoms with van der Waals surface area (Å²) in [6, 6.07) is 4.23. The molecule has 0 amide bonds. The molecule has 1 unspecified atom stereocenters. The number of carbonyl (C=O) groups is 1. The number of aromatic nitrogens is 2. The molecule has 0 fully saturated rings. The highest BCUT2D eigenvalue weighted by atomic mass is 32.1. The van der Waals surface area contributed by atoms with Crippen molar-refractivity contribution in [1.82, 2.24) is 9.78 Å². The number of anilines is 1. The number of hydrogen-bond donors (Lipinski definition) is 2. The number of nitrogens with one attached hydrogen (secondary N) is 1. The Balaban J connectivity index is 2.12. The Morgan fingerprint density at radius 2 is 2.35 bits per heavy atom. The SMILES string of the molecule is Cc1nn2c(c1C(=O)O)NC(c1cccs1)CC2(C)C. The van der Waals surface area contributed by atoms with Crippen molar-refractivity contribution in [2.45, 2.75) is 38.8 Å². The molecule has 1 aliphatic rings. The average molecular weight is 291 g/mol. The molecule has 0 saturated carbocycles. The standard InChI is InChI=1S/C14H17N3O2S/c1-8-11(13(18)19)12-15-9(10-5-4-6-20-10)7-14(2,3)17(12)16-8/h4-6,9,15H,7H2,1-3H3,(H,18,19). The molecule has 0 aromatic carbocycles. The lowest BCUT2D eigenvalue weighted by molar-refractivity contribution is 0.0696. The molecule has 2 N–H and O–H groups in total. The summed E-state index contributed by atoms with van der Waals surface area (Å²) in [7, 11) is 0. The van der Waals surface area contributed by atoms with Crippen molar-refractivity contribution in [3.8, 4) is 0 Å². The zero-order valence-electron chi connectivity index (χ0n) is 11.7. The van der Waals surface area contributed by atoms with Crippen molar-refractivity contribution in [3.05, 3.63) is 33.6 Å². The van der Waals surface area contributed by atoms with Crippen LogP contribution in [0.15, 0.2) is 17.5 Å². The van der Waals surface area contributed by atoms with Crippen LogP contribution in [0.25, 0.3) is 0 Å². The van der Waals surface area contributed by atoms with Gasteiger partial charge in [0.15, 0.2) is 0 Å². The van der Waals surface area contributed by atoms with Crippen LogP contribution in [0.3, 0.4) is 0 Å². The molecule has 2 aromatic rings. The summed E-state index contributed by atoms with van der Waals surface area (Å²) in [5.41, 5.74) is 0.618. The Bertz CT molecular complexity index is 658. The first-order valence-corrected chi connectivity index (χ1v) is 7.41. The fourth-order valence-electron chi connectivity index (χ4n) is 2.82. The number of carboxylic acid groups (broad SMARTS) is 1. The second kappa shape index (κ2) is 4.34. The van der Waals surface area contributed by atoms with Crippen molar-refractivity contribution in [1.29, 1.82) is 0 Å². The maximum atomic E-state index is 11.5. The van der Waals surface area contributed by atoms with Crippen LogP contribution in [-0.2, 0) is 5.54 Å². The van der Waals surface area contributed by atoms with Crippen LogP contribution in [0.5, 0.6) is 0 Å². The van der Waals surface area contributed by atoms with Gasteiger partial charge in [-0.1, -0.05) is 6.07 Å². The van der Waals surface area contributed by atoms with E-state index in [1.165, 1.54) is 4.88 Å². The van der Waals surface area contributed by atoms with Crippen LogP contribution in [0.4, 0.5) is 5.82 Å². The third-order valence-electron chi connectivity index (χ3n) is 3.75. The van der Waals surface area contributed by atoms with E-state index in [4.69, 9.17) is 0 Å². The third-order valence-corrected chi connectivity index (χ3v) is 4.73. The van der Waals surface area contributed by atoms with Gasteiger partial charge in [-0.3, -0.25) is 0 Å². The molecule has 1 atom stereocenters. The van der Waals surface area contributed by atoms with Gasteiger partial charge >= 0.3 is 5.97 Å². The Morgan fingerprint density at radius 3 is 2.95 bits per heavy atom. The second-order valence-electron chi connectivity index (χ2n) is 5.75. The normalized spacial score (nSPS) is 20.2. The topological polar surface area (TPSA) is 67.2 Å². The van der Waals surface area contributed by atoms with Gasteiger partial charge in [0.25, 0.3) is 0 Å². The molecule has 0 bridgehead atoms. The van der Waals surface area contributed by atoms with Crippen LogP contribution >= 0.6 is 11.3 Å². The lowest BCUT2D eigenvalue weighted by atomic mass is 9.92. The Hall–Kier alpha value is -1.82. The molecular formula is C14H17N3O2S. The maximum Gasteiger partial charge on any atom is 0.341 e. The van der Waals surface area contributed by atoms with Crippen molar-refractivity contribution >= 4 is 23.1 Å². The van der Waals surface area contributed by atoms with Gasteiger partial charge in [0.05, 0.1) is 17.3 Å². The van der Waals surface area contributed by atoms with E-state index in [1.54, 1.807) is 18.3 Å². The second-order valence-corrected chi connectivity index (χ2v) is 6.73. The smallest absolute Gasteiger partial charge is 0.341 e. The van der Waals surface area contributed by atoms with Crippen molar-refractivity contribution in [2.24, 2.45) is 0 Å². The van der Waals surface area contributed by atoms with Crippen molar-refractivity contribution in [2.75, 3.05) is 5.32 Å². The van der Waals surface area contributed by atoms with E-state index >= 15 is 0 Å². The molecular weight excluding hydrogens is 274 g/mol. The predicted octanol–water partition coefficient (Wildman–Crippen LogP) is 3.24. The summed E-state index contributed by atoms with van der Waals surface area (Å²) in [5.74, 6) is -0.316. The maximum absolute atomic E-state index is 11.5. The molecule has 0 aliphatic carbocycles. The third kappa shape index (κ3) is 1.91. The molecule has 3 rings (SSSR count). The molecule has 0 radical (unpaired) electrons. The minimum Gasteiger partial charge on any atom is -0.477 e. The van der Waals surface area contributed by atoms with Gasteiger partial charge in [-0.25, -0.2) is 9.48 Å². The Labute approximate surface area is 121 Å². The van der Waals surface area contributed by atoms with Crippen LogP contribution in [-0.4, -0.2) is 20.9 Å². The summed E-state index contributed by atoms with van der Waals surface area (Å²) >= 11 is 1.69. The van der Waals surface area contributed by atoms with Gasteiger partial charge in [0.1, 0.15) is 11.4 Å². The zero-order chi connectivity index (χ0) is 14.5. The summed E-state index contributed by atoms with van der Waals surface area (Å²) in [6.45, 7) is 5.93. The van der Waals surface area contributed by atoms with Crippen LogP contribution in [0, 0.1) is 6.92 Å². The van der Waals surface area contributed by atoms with E-state index in [9.17, 15) is 9.90 Å². The lowest BCUT2D eigenvalue weighted by Gasteiger charge is -2.37. The van der Waals surface area contributed by atoms with Crippen LogP contribution < -0.4 is 5.32 Å². The molecule has 20 heavy (non-hydrogen) atoms. The first kappa shape index (κ1) is 13.2. The van der Waals surface area contributed by atoms with Gasteiger partial charge in [0.2, 0.25) is 0 Å². The van der Waals surface area contributed by atoms with E-state index < -0.39 is 5.97 Å². The first-order chi connectivity index (χ1) is 9.40. The minimum atomic E-state index is -0.932. The van der Waals surface area contributed by atoms with E-state index in [0.29, 0.717) is 11.5 Å². The summed E-state index contributed by atoms with van der Waals surface area (Å²) < 4.78 is 1.82. The monoisotopic (exact) mass is 291 g/mol. The summed E-state index contributed by atoms with van der Waals surface area (Å²) in [5, 5.41) is 19.2. The Morgan fingerprint density at radius 1 is 1.60 bits per heavy atom. The van der Waals surface area contributed by atoms with E-state index in [0.717, 1.165) is 6.42 Å². The van der Waals surface area contributed by atoms with E-state index in [-0.39, 0.29) is 17.1 Å². The van der Waals surface area contributed by atoms with E-state index in [1.807, 2.05) is 16.1 Å². The predicted molar refractivity (Wildman–Crippen MR) is 78.5 cm³/mol. The molecule has 6 heteroatoms. The molecule has 0 saturated heterocycles. The molecule has 2 aromatic heterocycles. The first-order valence-electron chi connectivity index (χ1n) is 6.53. The number of rotatable bonds is 2. The van der Waals surface area contributed by atoms with Crippen molar-refractivity contribution in [3.63, 3.8) is 0 Å². The Kier molecular flexibility index (Phi) is 2.86. The fraction of sp³-hybridized carbons (Fsp3) is 0.429. The molecule has 3 heterocycles. The molecule has 106 valence electrons. The number of aryl methyl sites for hydroxylation is 1. The summed E-state index contributed by atoms with van der Waals surface area (Å²) in [4.78, 5) is 12.7. The summed E-state index contributed by atoms with van der Waals surface area (Å²) in [6.07, 6.45) is 0.876. The fourth-order valence-corrected chi connectivity index (χ4v) is 3.60. The van der Waals surface area contributed by atoms with Gasteiger partial charge < -0.3 is 10.4 Å². The highest BCUT2D eigenvalue weighted by Gasteiger charge is 2.38. The number of aromatic carboxylic acids is 1. The number of nitrogens with zero attached hydrogens (tertiary/aromatic N) is 2. The number of hydrogen-bond acceptors (Lipinski definition) is 4. The van der Waals surface area contributed by atoms with Gasteiger partial charge in [-0.05, 0) is 38.6 Å². The average Bonchev–Trinajstić information content (AvgIpc) is 2.94. The van der Waals surface area contributed by atoms with Gasteiger partial charge in [-0.2, -0.15) is 5.10 Å². The van der Waals surface area contributed by atoms with Crippen LogP contribution in [0.1, 0.15) is 47.2 Å². The number of fused-ring (bicyclic) bond motifs is 1. The van der Waals surface area contributed by atoms with Crippen LogP contribution in [0.2, 0.25) is 0 Å². The number of thiophene rings is 1. The van der Waals surface area contributed by atoms with Gasteiger partial charge in [0, 0.05) is 4.88 Å². The molecule has 0 spiro atoms. The molecule has 5 nitrogen and oxygen atoms in total. The minimum absolute atomic E-state index is 0.131. The zero-order valence-corrected chi connectivity index (χ0v) is 12.5. The highest BCUT2D eigenvalue weighted by Crippen LogP contribution is 2.41. The largest absolute Gasteiger partial charge is 0.477 e. The quantitative estimate of drug-likeness (QED) is 0.891. The highest BCUT2D eigenvalue weighted by molar-refractivity contribution is 7.10. The number of carboxylic acids is 1. The van der Waals surface area contributed by atoms with E-state index in [2.05, 4.69) is 30.3 Å². The van der Waals surface area contributed by atoms with Gasteiger partial charge in [-0.15, -0.1) is 11.3 Å². The lowest BCUT2D eigenvalue weighted by Crippen LogP contribution is -2.37.